The average Bonchev–Trinajstić information content (AvgIpc) is 2.61. The molecule has 0 saturated carbocycles. The number of rotatable bonds is 3. The highest BCUT2D eigenvalue weighted by molar-refractivity contribution is 5.60. The molecule has 1 aliphatic heterocycles. The van der Waals surface area contributed by atoms with Gasteiger partial charge in [-0.05, 0) is 38.4 Å². The van der Waals surface area contributed by atoms with Gasteiger partial charge < -0.3 is 15.3 Å². The fourth-order valence-corrected chi connectivity index (χ4v) is 2.79. The van der Waals surface area contributed by atoms with E-state index in [1.54, 1.807) is 0 Å². The Balaban J connectivity index is 2.37. The number of nitrogens with zero attached hydrogens (tertiary/aromatic N) is 2. The minimum atomic E-state index is 0.171. The Morgan fingerprint density at radius 2 is 2.26 bits per heavy atom. The summed E-state index contributed by atoms with van der Waals surface area (Å²) in [6.07, 6.45) is 1.76. The van der Waals surface area contributed by atoms with E-state index in [-0.39, 0.29) is 12.6 Å². The van der Waals surface area contributed by atoms with E-state index < -0.39 is 0 Å². The van der Waals surface area contributed by atoms with Gasteiger partial charge in [-0.15, -0.1) is 0 Å². The first-order valence-electron chi connectivity index (χ1n) is 6.87. The normalized spacial score (nSPS) is 23.7. The van der Waals surface area contributed by atoms with E-state index in [4.69, 9.17) is 0 Å². The van der Waals surface area contributed by atoms with Gasteiger partial charge in [0, 0.05) is 25.2 Å². The third kappa shape index (κ3) is 3.06. The molecule has 1 fully saturated rings. The molecule has 1 aliphatic rings. The summed E-state index contributed by atoms with van der Waals surface area (Å²) in [7, 11) is 0. The maximum absolute atomic E-state index is 9.28. The molecule has 0 aromatic heterocycles. The third-order valence-electron chi connectivity index (χ3n) is 3.75. The first kappa shape index (κ1) is 13.9. The lowest BCUT2D eigenvalue weighted by molar-refractivity contribution is 0.271. The molecule has 1 aromatic carbocycles. The molecule has 2 atom stereocenters. The predicted molar refractivity (Wildman–Crippen MR) is 76.1 cm³/mol. The van der Waals surface area contributed by atoms with Crippen molar-refractivity contribution in [3.8, 4) is 6.07 Å². The first-order valence-corrected chi connectivity index (χ1v) is 6.87. The molecule has 102 valence electrons. The molecule has 1 saturated heterocycles. The van der Waals surface area contributed by atoms with Gasteiger partial charge in [0.05, 0.1) is 11.3 Å². The molecule has 0 bridgehead atoms. The van der Waals surface area contributed by atoms with Crippen molar-refractivity contribution >= 4 is 5.69 Å². The van der Waals surface area contributed by atoms with Crippen molar-refractivity contribution in [2.45, 2.75) is 31.8 Å². The maximum Gasteiger partial charge on any atom is 0.101 e. The summed E-state index contributed by atoms with van der Waals surface area (Å²) in [4.78, 5) is 2.30. The highest BCUT2D eigenvalue weighted by Gasteiger charge is 2.27. The number of para-hydroxylation sites is 1. The minimum Gasteiger partial charge on any atom is -0.396 e. The van der Waals surface area contributed by atoms with Gasteiger partial charge in [0.15, 0.2) is 0 Å². The number of anilines is 1. The van der Waals surface area contributed by atoms with Crippen LogP contribution >= 0.6 is 0 Å². The Morgan fingerprint density at radius 3 is 3.00 bits per heavy atom. The van der Waals surface area contributed by atoms with Gasteiger partial charge in [0.1, 0.15) is 6.07 Å². The highest BCUT2D eigenvalue weighted by atomic mass is 16.3. The second kappa shape index (κ2) is 6.55. The Hall–Kier alpha value is -1.57. The van der Waals surface area contributed by atoms with Gasteiger partial charge in [0.25, 0.3) is 0 Å². The zero-order valence-electron chi connectivity index (χ0n) is 11.3. The van der Waals surface area contributed by atoms with Gasteiger partial charge >= 0.3 is 0 Å². The lowest BCUT2D eigenvalue weighted by Crippen LogP contribution is -2.44. The monoisotopic (exact) mass is 259 g/mol. The van der Waals surface area contributed by atoms with E-state index in [1.165, 1.54) is 0 Å². The van der Waals surface area contributed by atoms with E-state index >= 15 is 0 Å². The van der Waals surface area contributed by atoms with Crippen LogP contribution < -0.4 is 10.2 Å². The van der Waals surface area contributed by atoms with E-state index in [0.717, 1.165) is 31.6 Å². The molecule has 0 amide bonds. The number of hydrogen-bond donors (Lipinski definition) is 2. The Kier molecular flexibility index (Phi) is 4.78. The Bertz CT molecular complexity index is 455. The summed E-state index contributed by atoms with van der Waals surface area (Å²) in [5.41, 5.74) is 1.69. The molecule has 0 aliphatic carbocycles. The average molecular weight is 259 g/mol. The van der Waals surface area contributed by atoms with Gasteiger partial charge in [0.2, 0.25) is 0 Å². The van der Waals surface area contributed by atoms with Crippen LogP contribution in [0.1, 0.15) is 25.3 Å². The Morgan fingerprint density at radius 1 is 1.47 bits per heavy atom. The molecule has 0 radical (unpaired) electrons. The fourth-order valence-electron chi connectivity index (χ4n) is 2.79. The van der Waals surface area contributed by atoms with Crippen LogP contribution in [0.4, 0.5) is 5.69 Å². The lowest BCUT2D eigenvalue weighted by atomic mass is 10.0. The molecule has 2 N–H and O–H groups in total. The van der Waals surface area contributed by atoms with E-state index in [9.17, 15) is 10.4 Å². The molecular weight excluding hydrogens is 238 g/mol. The summed E-state index contributed by atoms with van der Waals surface area (Å²) in [6, 6.07) is 10.6. The number of aliphatic hydroxyl groups is 1. The number of aliphatic hydroxyl groups excluding tert-OH is 1. The van der Waals surface area contributed by atoms with Gasteiger partial charge in [-0.1, -0.05) is 12.1 Å². The van der Waals surface area contributed by atoms with Crippen LogP contribution in [0.5, 0.6) is 0 Å². The Labute approximate surface area is 114 Å². The fraction of sp³-hybridized carbons (Fsp3) is 0.533. The topological polar surface area (TPSA) is 59.3 Å². The molecule has 2 unspecified atom stereocenters. The minimum absolute atomic E-state index is 0.171. The zero-order chi connectivity index (χ0) is 13.7. The van der Waals surface area contributed by atoms with Crippen LogP contribution in [-0.4, -0.2) is 36.9 Å². The number of hydrogen-bond acceptors (Lipinski definition) is 4. The maximum atomic E-state index is 9.28. The summed E-state index contributed by atoms with van der Waals surface area (Å²) < 4.78 is 0. The van der Waals surface area contributed by atoms with Crippen molar-refractivity contribution in [2.24, 2.45) is 0 Å². The van der Waals surface area contributed by atoms with Crippen molar-refractivity contribution in [2.75, 3.05) is 24.6 Å². The number of benzene rings is 1. The zero-order valence-corrected chi connectivity index (χ0v) is 11.3. The largest absolute Gasteiger partial charge is 0.396 e. The van der Waals surface area contributed by atoms with Gasteiger partial charge in [-0.25, -0.2) is 0 Å². The standard InChI is InChI=1S/C15H21N3O/c1-12-6-8-17-11-14(7-9-19)18(12)15-5-3-2-4-13(15)10-16/h2-5,12,14,17,19H,6-9,11H2,1H3. The van der Waals surface area contributed by atoms with Crippen LogP contribution in [0.3, 0.4) is 0 Å². The molecular formula is C15H21N3O. The van der Waals surface area contributed by atoms with E-state index in [2.05, 4.69) is 23.2 Å². The van der Waals surface area contributed by atoms with Gasteiger partial charge in [-0.2, -0.15) is 5.26 Å². The van der Waals surface area contributed by atoms with Crippen LogP contribution in [0.25, 0.3) is 0 Å². The number of nitriles is 1. The third-order valence-corrected chi connectivity index (χ3v) is 3.75. The molecule has 4 heteroatoms. The predicted octanol–water partition coefficient (Wildman–Crippen LogP) is 1.50. The molecule has 0 spiro atoms. The molecule has 2 rings (SSSR count). The lowest BCUT2D eigenvalue weighted by Gasteiger charge is -2.37. The van der Waals surface area contributed by atoms with Crippen molar-refractivity contribution in [3.63, 3.8) is 0 Å². The van der Waals surface area contributed by atoms with Gasteiger partial charge in [-0.3, -0.25) is 0 Å². The smallest absolute Gasteiger partial charge is 0.101 e. The van der Waals surface area contributed by atoms with Crippen LogP contribution in [0.15, 0.2) is 24.3 Å². The quantitative estimate of drug-likeness (QED) is 0.863. The summed E-state index contributed by atoms with van der Waals surface area (Å²) in [6.45, 7) is 4.19. The second-order valence-electron chi connectivity index (χ2n) is 5.04. The van der Waals surface area contributed by atoms with Crippen molar-refractivity contribution in [3.05, 3.63) is 29.8 Å². The number of nitrogens with one attached hydrogen (secondary N) is 1. The first-order chi connectivity index (χ1) is 9.27. The summed E-state index contributed by atoms with van der Waals surface area (Å²) in [5, 5.41) is 22.0. The SMILES string of the molecule is CC1CCNCC(CCO)N1c1ccccc1C#N. The summed E-state index contributed by atoms with van der Waals surface area (Å²) >= 11 is 0. The van der Waals surface area contributed by atoms with Crippen LogP contribution in [0, 0.1) is 11.3 Å². The molecule has 19 heavy (non-hydrogen) atoms. The van der Waals surface area contributed by atoms with Crippen molar-refractivity contribution in [1.29, 1.82) is 5.26 Å². The highest BCUT2D eigenvalue weighted by Crippen LogP contribution is 2.27. The summed E-state index contributed by atoms with van der Waals surface area (Å²) in [5.74, 6) is 0. The van der Waals surface area contributed by atoms with Crippen LogP contribution in [0.2, 0.25) is 0 Å². The van der Waals surface area contributed by atoms with Crippen molar-refractivity contribution < 1.29 is 5.11 Å². The molecule has 1 aromatic rings. The second-order valence-corrected chi connectivity index (χ2v) is 5.04. The van der Waals surface area contributed by atoms with E-state index in [1.807, 2.05) is 24.3 Å². The molecule has 1 heterocycles. The molecule has 4 nitrogen and oxygen atoms in total. The van der Waals surface area contributed by atoms with E-state index in [0.29, 0.717) is 11.6 Å². The van der Waals surface area contributed by atoms with Crippen LogP contribution in [-0.2, 0) is 0 Å². The van der Waals surface area contributed by atoms with Crippen molar-refractivity contribution in [1.82, 2.24) is 5.32 Å².